The largest absolute Gasteiger partial charge is 0.486 e. The first-order chi connectivity index (χ1) is 22.3. The van der Waals surface area contributed by atoms with Gasteiger partial charge in [0, 0.05) is 41.2 Å². The number of hydrogen-bond acceptors (Lipinski definition) is 7. The molecule has 46 heavy (non-hydrogen) atoms. The normalized spacial score (nSPS) is 40.7. The van der Waals surface area contributed by atoms with Crippen LogP contribution in [0.2, 0.25) is 0 Å². The fourth-order valence-electron chi connectivity index (χ4n) is 12.1. The summed E-state index contributed by atoms with van der Waals surface area (Å²) in [7, 11) is 6.32. The highest BCUT2D eigenvalue weighted by Gasteiger charge is 2.66. The van der Waals surface area contributed by atoms with Gasteiger partial charge in [-0.15, -0.1) is 0 Å². The Hall–Kier alpha value is -2.16. The number of aryl methyl sites for hydroxylation is 2. The Labute approximate surface area is 274 Å². The predicted molar refractivity (Wildman–Crippen MR) is 177 cm³/mol. The highest BCUT2D eigenvalue weighted by atomic mass is 16.6. The number of aliphatic hydroxyl groups is 1. The van der Waals surface area contributed by atoms with Gasteiger partial charge in [0.25, 0.3) is 0 Å². The van der Waals surface area contributed by atoms with E-state index in [1.165, 1.54) is 59.4 Å². The molecule has 8 aliphatic rings. The van der Waals surface area contributed by atoms with Gasteiger partial charge < -0.3 is 33.9 Å². The van der Waals surface area contributed by atoms with E-state index in [0.717, 1.165) is 44.4 Å². The van der Waals surface area contributed by atoms with Crippen molar-refractivity contribution >= 4 is 0 Å². The summed E-state index contributed by atoms with van der Waals surface area (Å²) in [5.41, 5.74) is 8.79. The van der Waals surface area contributed by atoms with E-state index in [1.807, 2.05) is 0 Å². The van der Waals surface area contributed by atoms with Gasteiger partial charge in [0.1, 0.15) is 23.7 Å². The maximum Gasteiger partial charge on any atom is 0.135 e. The fourth-order valence-corrected chi connectivity index (χ4v) is 12.1. The quantitative estimate of drug-likeness (QED) is 0.492. The molecule has 10 rings (SSSR count). The minimum atomic E-state index is -0.303. The summed E-state index contributed by atoms with van der Waals surface area (Å²) in [6, 6.07) is 10.4. The second-order valence-corrected chi connectivity index (χ2v) is 16.0. The van der Waals surface area contributed by atoms with Crippen LogP contribution in [0.1, 0.15) is 71.9 Å². The number of likely N-dealkylation sites (tertiary alicyclic amines) is 2. The molecule has 7 nitrogen and oxygen atoms in total. The van der Waals surface area contributed by atoms with Gasteiger partial charge in [-0.05, 0) is 126 Å². The third-order valence-electron chi connectivity index (χ3n) is 14.2. The number of hydrogen-bond donors (Lipinski definition) is 1. The van der Waals surface area contributed by atoms with E-state index in [9.17, 15) is 5.11 Å². The summed E-state index contributed by atoms with van der Waals surface area (Å²) in [6.07, 6.45) is 9.10. The standard InChI is InChI=1S/C21H29NO3.C18H23NO2/c1-13-4-5-14-12-16-15-6-7-17(24-11-10-23-3)20-21(15,8-9-22(16)2)18(14)19(13)25-20;1-10-3-4-11-9-13-12-5-6-14(20)17-18(12,7-8-19(13)2)15(11)16(10)21-17/h4-5,15-17,20H,6-12H2,1-3H3;3-4,12-14,17,20H,5-9H2,1-2H3/t15?,16-,17+,20+,21+;12?,13-,14+,17+,18+/m11/s1. The van der Waals surface area contributed by atoms with Crippen molar-refractivity contribution in [1.82, 2.24) is 9.80 Å². The van der Waals surface area contributed by atoms with Crippen molar-refractivity contribution in [2.45, 2.75) is 113 Å². The highest BCUT2D eigenvalue weighted by molar-refractivity contribution is 5.59. The molecular formula is C39H52N2O5. The Morgan fingerprint density at radius 1 is 0.761 bits per heavy atom. The minimum absolute atomic E-state index is 0.0115. The molecule has 7 heteroatoms. The first-order valence-corrected chi connectivity index (χ1v) is 18.1. The molecule has 0 radical (unpaired) electrons. The molecule has 2 spiro atoms. The number of likely N-dealkylation sites (N-methyl/N-ethyl adjacent to an activating group) is 2. The Balaban J connectivity index is 0.000000129. The molecule has 10 atom stereocenters. The molecule has 2 aromatic carbocycles. The summed E-state index contributed by atoms with van der Waals surface area (Å²) in [6.45, 7) is 7.95. The van der Waals surface area contributed by atoms with E-state index in [4.69, 9.17) is 18.9 Å². The van der Waals surface area contributed by atoms with Crippen molar-refractivity contribution in [2.24, 2.45) is 11.8 Å². The number of nitrogens with zero attached hydrogens (tertiary/aromatic N) is 2. The third-order valence-corrected chi connectivity index (χ3v) is 14.2. The Morgan fingerprint density at radius 3 is 1.89 bits per heavy atom. The summed E-state index contributed by atoms with van der Waals surface area (Å²) in [5, 5.41) is 10.6. The number of rotatable bonds is 4. The van der Waals surface area contributed by atoms with Gasteiger partial charge in [0.2, 0.25) is 0 Å². The molecule has 2 aromatic rings. The molecule has 2 unspecified atom stereocenters. The van der Waals surface area contributed by atoms with Crippen molar-refractivity contribution in [3.8, 4) is 11.5 Å². The topological polar surface area (TPSA) is 63.6 Å². The second kappa shape index (κ2) is 10.7. The molecule has 2 saturated heterocycles. The van der Waals surface area contributed by atoms with Crippen LogP contribution in [0.15, 0.2) is 24.3 Å². The van der Waals surface area contributed by atoms with Gasteiger partial charge >= 0.3 is 0 Å². The Kier molecular flexibility index (Phi) is 6.94. The molecule has 0 aromatic heterocycles. The number of aliphatic hydroxyl groups excluding tert-OH is 1. The molecule has 248 valence electrons. The first-order valence-electron chi connectivity index (χ1n) is 18.1. The monoisotopic (exact) mass is 628 g/mol. The molecule has 2 saturated carbocycles. The van der Waals surface area contributed by atoms with Gasteiger partial charge in [-0.2, -0.15) is 0 Å². The van der Waals surface area contributed by atoms with Crippen molar-refractivity contribution in [3.05, 3.63) is 57.6 Å². The fraction of sp³-hybridized carbons (Fsp3) is 0.692. The van der Waals surface area contributed by atoms with Gasteiger partial charge in [-0.25, -0.2) is 0 Å². The maximum atomic E-state index is 10.6. The number of ether oxygens (including phenoxy) is 4. The Morgan fingerprint density at radius 2 is 1.30 bits per heavy atom. The molecule has 4 aliphatic heterocycles. The van der Waals surface area contributed by atoms with Crippen LogP contribution < -0.4 is 9.47 Å². The molecule has 4 heterocycles. The number of methoxy groups -OCH3 is 1. The predicted octanol–water partition coefficient (Wildman–Crippen LogP) is 4.72. The summed E-state index contributed by atoms with van der Waals surface area (Å²) >= 11 is 0. The van der Waals surface area contributed by atoms with Crippen LogP contribution in [0.4, 0.5) is 0 Å². The number of piperidine rings is 2. The second-order valence-electron chi connectivity index (χ2n) is 16.0. The van der Waals surface area contributed by atoms with E-state index in [0.29, 0.717) is 37.1 Å². The summed E-state index contributed by atoms with van der Waals surface area (Å²) in [4.78, 5) is 5.14. The van der Waals surface area contributed by atoms with Crippen LogP contribution in [0.25, 0.3) is 0 Å². The van der Waals surface area contributed by atoms with Crippen LogP contribution in [0.3, 0.4) is 0 Å². The SMILES string of the molecule is COCCO[C@H]1CCC2[C@H]3Cc4ccc(C)c5c4[C@@]2(CCN3C)[C@H]1O5.Cc1ccc2c3c1O[C@H]1[C@@H](O)CCC4[C@@H](C2)N(C)CC[C@@]341. The van der Waals surface area contributed by atoms with Gasteiger partial charge in [-0.1, -0.05) is 24.3 Å². The third kappa shape index (κ3) is 3.84. The maximum absolute atomic E-state index is 10.6. The van der Waals surface area contributed by atoms with Crippen molar-refractivity contribution in [1.29, 1.82) is 0 Å². The molecular weight excluding hydrogens is 576 g/mol. The van der Waals surface area contributed by atoms with Crippen LogP contribution in [-0.2, 0) is 33.1 Å². The lowest BCUT2D eigenvalue weighted by Crippen LogP contribution is -2.66. The lowest BCUT2D eigenvalue weighted by Gasteiger charge is -2.58. The van der Waals surface area contributed by atoms with Crippen molar-refractivity contribution < 1.29 is 24.1 Å². The van der Waals surface area contributed by atoms with E-state index in [2.05, 4.69) is 62.0 Å². The van der Waals surface area contributed by atoms with Crippen molar-refractivity contribution in [2.75, 3.05) is 47.5 Å². The molecule has 4 bridgehead atoms. The molecule has 0 amide bonds. The molecule has 4 fully saturated rings. The van der Waals surface area contributed by atoms with Crippen LogP contribution >= 0.6 is 0 Å². The first kappa shape index (κ1) is 29.9. The van der Waals surface area contributed by atoms with E-state index >= 15 is 0 Å². The minimum Gasteiger partial charge on any atom is -0.486 e. The zero-order chi connectivity index (χ0) is 31.5. The smallest absolute Gasteiger partial charge is 0.135 e. The highest BCUT2D eigenvalue weighted by Crippen LogP contribution is 2.64. The van der Waals surface area contributed by atoms with E-state index in [-0.39, 0.29) is 35.2 Å². The van der Waals surface area contributed by atoms with Gasteiger partial charge in [-0.3, -0.25) is 0 Å². The summed E-state index contributed by atoms with van der Waals surface area (Å²) < 4.78 is 24.6. The van der Waals surface area contributed by atoms with Gasteiger partial charge in [0.05, 0.1) is 25.4 Å². The van der Waals surface area contributed by atoms with E-state index in [1.54, 1.807) is 12.7 Å². The van der Waals surface area contributed by atoms with Crippen LogP contribution in [-0.4, -0.2) is 98.9 Å². The Bertz CT molecular complexity index is 1540. The van der Waals surface area contributed by atoms with E-state index < -0.39 is 0 Å². The average Bonchev–Trinajstić information content (AvgIpc) is 3.60. The van der Waals surface area contributed by atoms with Gasteiger partial charge in [0.15, 0.2) is 0 Å². The van der Waals surface area contributed by atoms with Crippen LogP contribution in [0.5, 0.6) is 11.5 Å². The molecule has 4 aliphatic carbocycles. The number of benzene rings is 2. The zero-order valence-electron chi connectivity index (χ0n) is 28.4. The lowest BCUT2D eigenvalue weighted by atomic mass is 9.51. The van der Waals surface area contributed by atoms with Crippen molar-refractivity contribution in [3.63, 3.8) is 0 Å². The zero-order valence-corrected chi connectivity index (χ0v) is 28.4. The lowest BCUT2D eigenvalue weighted by molar-refractivity contribution is -0.127. The average molecular weight is 629 g/mol. The van der Waals surface area contributed by atoms with Crippen LogP contribution in [0, 0.1) is 25.7 Å². The summed E-state index contributed by atoms with van der Waals surface area (Å²) in [5.74, 6) is 3.64. The molecule has 1 N–H and O–H groups in total.